The van der Waals surface area contributed by atoms with Crippen molar-refractivity contribution in [2.45, 2.75) is 19.9 Å². The third kappa shape index (κ3) is 4.69. The smallest absolute Gasteiger partial charge is 0.335 e. The third-order valence-electron chi connectivity index (χ3n) is 4.07. The lowest BCUT2D eigenvalue weighted by molar-refractivity contribution is -0.129. The summed E-state index contributed by atoms with van der Waals surface area (Å²) in [6, 6.07) is 11.4. The van der Waals surface area contributed by atoms with Crippen molar-refractivity contribution in [2.24, 2.45) is 0 Å². The van der Waals surface area contributed by atoms with Gasteiger partial charge in [0, 0.05) is 24.7 Å². The van der Waals surface area contributed by atoms with E-state index in [0.29, 0.717) is 23.4 Å². The van der Waals surface area contributed by atoms with Crippen LogP contribution in [-0.4, -0.2) is 41.8 Å². The number of Topliss-reactive ketones (excluding diaryl/α,β-unsaturated/α-hetero) is 1. The molecule has 0 saturated carbocycles. The van der Waals surface area contributed by atoms with Gasteiger partial charge in [0.25, 0.3) is 0 Å². The number of ketones is 1. The fourth-order valence-corrected chi connectivity index (χ4v) is 2.55. The summed E-state index contributed by atoms with van der Waals surface area (Å²) in [6.45, 7) is 1.83. The van der Waals surface area contributed by atoms with Crippen molar-refractivity contribution in [3.05, 3.63) is 64.7 Å². The van der Waals surface area contributed by atoms with Crippen LogP contribution in [0.4, 0.5) is 0 Å². The van der Waals surface area contributed by atoms with Crippen LogP contribution in [0.3, 0.4) is 0 Å². The largest absolute Gasteiger partial charge is 0.496 e. The summed E-state index contributed by atoms with van der Waals surface area (Å²) in [4.78, 5) is 36.5. The number of ether oxygens (including phenoxy) is 1. The van der Waals surface area contributed by atoms with Crippen LogP contribution in [0.5, 0.6) is 5.75 Å². The Morgan fingerprint density at radius 2 is 1.65 bits per heavy atom. The normalized spacial score (nSPS) is 10.3. The van der Waals surface area contributed by atoms with Gasteiger partial charge in [-0.05, 0) is 42.8 Å². The van der Waals surface area contributed by atoms with Crippen LogP contribution in [0.15, 0.2) is 42.5 Å². The molecule has 2 aromatic rings. The van der Waals surface area contributed by atoms with E-state index in [0.717, 1.165) is 5.56 Å². The molecule has 0 aliphatic carbocycles. The second-order valence-electron chi connectivity index (χ2n) is 6.01. The average Bonchev–Trinajstić information content (AvgIpc) is 2.61. The molecule has 0 radical (unpaired) electrons. The lowest BCUT2D eigenvalue weighted by Crippen LogP contribution is -2.28. The molecule has 0 heterocycles. The van der Waals surface area contributed by atoms with Gasteiger partial charge in [-0.1, -0.05) is 12.1 Å². The number of carboxylic acids is 1. The first-order valence-electron chi connectivity index (χ1n) is 8.06. The van der Waals surface area contributed by atoms with Crippen LogP contribution >= 0.6 is 0 Å². The molecule has 0 fully saturated rings. The Labute approximate surface area is 152 Å². The Morgan fingerprint density at radius 1 is 1.04 bits per heavy atom. The molecule has 26 heavy (non-hydrogen) atoms. The van der Waals surface area contributed by atoms with E-state index >= 15 is 0 Å². The number of aromatic carboxylic acids is 1. The summed E-state index contributed by atoms with van der Waals surface area (Å²) in [6.07, 6.45) is 0.105. The summed E-state index contributed by atoms with van der Waals surface area (Å²) in [5.41, 5.74) is 2.21. The molecule has 0 spiro atoms. The topological polar surface area (TPSA) is 83.9 Å². The molecule has 1 N–H and O–H groups in total. The predicted octanol–water partition coefficient (Wildman–Crippen LogP) is 2.80. The second-order valence-corrected chi connectivity index (χ2v) is 6.01. The number of carbonyl (C=O) groups excluding carboxylic acids is 2. The lowest BCUT2D eigenvalue weighted by Gasteiger charge is -2.18. The van der Waals surface area contributed by atoms with E-state index in [1.807, 2.05) is 0 Å². The summed E-state index contributed by atoms with van der Waals surface area (Å²) >= 11 is 0. The summed E-state index contributed by atoms with van der Waals surface area (Å²) in [7, 11) is 3.19. The minimum atomic E-state index is -0.988. The van der Waals surface area contributed by atoms with Crippen LogP contribution in [-0.2, 0) is 17.8 Å². The monoisotopic (exact) mass is 355 g/mol. The molecule has 2 aromatic carbocycles. The Balaban J connectivity index is 2.10. The molecule has 0 saturated heterocycles. The van der Waals surface area contributed by atoms with Gasteiger partial charge in [0.1, 0.15) is 5.75 Å². The van der Waals surface area contributed by atoms with Gasteiger partial charge in [-0.2, -0.15) is 0 Å². The molecule has 0 aliphatic heterocycles. The number of carboxylic acid groups (broad SMARTS) is 1. The van der Waals surface area contributed by atoms with Gasteiger partial charge < -0.3 is 14.7 Å². The molecule has 0 aromatic heterocycles. The van der Waals surface area contributed by atoms with E-state index in [1.54, 1.807) is 42.3 Å². The lowest BCUT2D eigenvalue weighted by atomic mass is 10.0. The Kier molecular flexibility index (Phi) is 6.11. The molecule has 1 amide bonds. The van der Waals surface area contributed by atoms with Gasteiger partial charge in [-0.15, -0.1) is 0 Å². The highest BCUT2D eigenvalue weighted by atomic mass is 16.5. The summed E-state index contributed by atoms with van der Waals surface area (Å²) in [5, 5.41) is 8.92. The number of carbonyl (C=O) groups is 3. The first kappa shape index (κ1) is 19.2. The Morgan fingerprint density at radius 3 is 2.19 bits per heavy atom. The highest BCUT2D eigenvalue weighted by molar-refractivity contribution is 5.94. The molecule has 6 heteroatoms. The van der Waals surface area contributed by atoms with Crippen LogP contribution in [0, 0.1) is 0 Å². The molecule has 0 unspecified atom stereocenters. The SMILES string of the molecule is COc1ccc(C(C)=O)cc1CC(=O)N(C)Cc1ccc(C(=O)O)cc1. The molecule has 0 bridgehead atoms. The highest BCUT2D eigenvalue weighted by Gasteiger charge is 2.15. The van der Waals surface area contributed by atoms with E-state index in [9.17, 15) is 14.4 Å². The van der Waals surface area contributed by atoms with Crippen molar-refractivity contribution in [2.75, 3.05) is 14.2 Å². The number of hydrogen-bond acceptors (Lipinski definition) is 4. The molecule has 0 atom stereocenters. The number of rotatable bonds is 7. The number of nitrogens with zero attached hydrogens (tertiary/aromatic N) is 1. The van der Waals surface area contributed by atoms with Crippen molar-refractivity contribution in [3.63, 3.8) is 0 Å². The molecular formula is C20H21NO5. The molecule has 6 nitrogen and oxygen atoms in total. The van der Waals surface area contributed by atoms with Gasteiger partial charge in [-0.25, -0.2) is 4.79 Å². The van der Waals surface area contributed by atoms with E-state index in [2.05, 4.69) is 0 Å². The Hall–Kier alpha value is -3.15. The van der Waals surface area contributed by atoms with Crippen LogP contribution in [0.25, 0.3) is 0 Å². The molecule has 136 valence electrons. The van der Waals surface area contributed by atoms with Crippen LogP contribution in [0.2, 0.25) is 0 Å². The third-order valence-corrected chi connectivity index (χ3v) is 4.07. The zero-order chi connectivity index (χ0) is 19.3. The van der Waals surface area contributed by atoms with E-state index in [1.165, 1.54) is 26.2 Å². The predicted molar refractivity (Wildman–Crippen MR) is 96.6 cm³/mol. The number of likely N-dealkylation sites (N-methyl/N-ethyl adjacent to an activating group) is 1. The molecule has 0 aliphatic rings. The fraction of sp³-hybridized carbons (Fsp3) is 0.250. The standard InChI is InChI=1S/C20H21NO5/c1-13(22)16-8-9-18(26-3)17(10-16)11-19(23)21(2)12-14-4-6-15(7-5-14)20(24)25/h4-10H,11-12H2,1-3H3,(H,24,25). The highest BCUT2D eigenvalue weighted by Crippen LogP contribution is 2.21. The van der Waals surface area contributed by atoms with Crippen molar-refractivity contribution >= 4 is 17.7 Å². The van der Waals surface area contributed by atoms with Gasteiger partial charge in [0.2, 0.25) is 5.91 Å². The van der Waals surface area contributed by atoms with Crippen molar-refractivity contribution in [3.8, 4) is 5.75 Å². The van der Waals surface area contributed by atoms with Crippen molar-refractivity contribution < 1.29 is 24.2 Å². The van der Waals surface area contributed by atoms with Crippen LogP contribution in [0.1, 0.15) is 38.8 Å². The first-order valence-corrected chi connectivity index (χ1v) is 8.06. The van der Waals surface area contributed by atoms with E-state index < -0.39 is 5.97 Å². The zero-order valence-corrected chi connectivity index (χ0v) is 15.0. The Bertz CT molecular complexity index is 827. The number of amides is 1. The first-order chi connectivity index (χ1) is 12.3. The van der Waals surface area contributed by atoms with Crippen LogP contribution < -0.4 is 4.74 Å². The molecule has 2 rings (SSSR count). The number of benzene rings is 2. The van der Waals surface area contributed by atoms with Gasteiger partial charge in [-0.3, -0.25) is 9.59 Å². The van der Waals surface area contributed by atoms with Gasteiger partial charge in [0.15, 0.2) is 5.78 Å². The maximum Gasteiger partial charge on any atom is 0.335 e. The van der Waals surface area contributed by atoms with Gasteiger partial charge >= 0.3 is 5.97 Å². The number of methoxy groups -OCH3 is 1. The minimum absolute atomic E-state index is 0.0757. The quantitative estimate of drug-likeness (QED) is 0.772. The van der Waals surface area contributed by atoms with Crippen molar-refractivity contribution in [1.82, 2.24) is 4.90 Å². The minimum Gasteiger partial charge on any atom is -0.496 e. The summed E-state index contributed by atoms with van der Waals surface area (Å²) in [5.74, 6) is -0.638. The van der Waals surface area contributed by atoms with Gasteiger partial charge in [0.05, 0.1) is 19.1 Å². The maximum atomic E-state index is 12.5. The summed E-state index contributed by atoms with van der Waals surface area (Å²) < 4.78 is 5.28. The maximum absolute atomic E-state index is 12.5. The fourth-order valence-electron chi connectivity index (χ4n) is 2.55. The second kappa shape index (κ2) is 8.29. The zero-order valence-electron chi connectivity index (χ0n) is 15.0. The number of hydrogen-bond donors (Lipinski definition) is 1. The van der Waals surface area contributed by atoms with Crippen molar-refractivity contribution in [1.29, 1.82) is 0 Å². The molecular weight excluding hydrogens is 334 g/mol. The van der Waals surface area contributed by atoms with E-state index in [-0.39, 0.29) is 23.7 Å². The average molecular weight is 355 g/mol. The van der Waals surface area contributed by atoms with E-state index in [4.69, 9.17) is 9.84 Å².